The van der Waals surface area contributed by atoms with Gasteiger partial charge in [0.05, 0.1) is 5.69 Å². The van der Waals surface area contributed by atoms with Gasteiger partial charge in [-0.25, -0.2) is 4.98 Å². The number of carboxylic acid groups (broad SMARTS) is 1. The van der Waals surface area contributed by atoms with Crippen LogP contribution in [0.2, 0.25) is 0 Å². The van der Waals surface area contributed by atoms with Crippen LogP contribution in [0.5, 0.6) is 0 Å². The van der Waals surface area contributed by atoms with Crippen LogP contribution in [0.3, 0.4) is 0 Å². The summed E-state index contributed by atoms with van der Waals surface area (Å²) in [5.74, 6) is 1.18. The highest BCUT2D eigenvalue weighted by molar-refractivity contribution is 5.66. The van der Waals surface area contributed by atoms with Gasteiger partial charge in [-0.1, -0.05) is 65.2 Å². The van der Waals surface area contributed by atoms with E-state index in [4.69, 9.17) is 10.1 Å². The standard InChI is InChI=1S/C30H42N2O2/c1-29(2)17-18-30(3,4)25-21-23(13-14-24(25)29)26-10-8-11-27(31-26)32-19-15-22(16-20-32)9-6-5-7-12-28(33)34/h8,10-11,13-14,21-22H,5-7,9,12,15-20H2,1-4H3,(H,33,34). The molecule has 184 valence electrons. The highest BCUT2D eigenvalue weighted by atomic mass is 16.4. The Morgan fingerprint density at radius 2 is 1.68 bits per heavy atom. The molecule has 2 aromatic rings. The van der Waals surface area contributed by atoms with Crippen molar-refractivity contribution in [3.8, 4) is 11.3 Å². The Hall–Kier alpha value is -2.36. The summed E-state index contributed by atoms with van der Waals surface area (Å²) in [4.78, 5) is 18.2. The van der Waals surface area contributed by atoms with E-state index >= 15 is 0 Å². The molecule has 0 amide bonds. The third-order valence-corrected chi connectivity index (χ3v) is 8.32. The SMILES string of the molecule is CC1(C)CCC(C)(C)c2cc(-c3cccc(N4CCC(CCCCCC(=O)O)CC4)n3)ccc21. The summed E-state index contributed by atoms with van der Waals surface area (Å²) >= 11 is 0. The van der Waals surface area contributed by atoms with Crippen molar-refractivity contribution in [1.82, 2.24) is 4.98 Å². The number of nitrogens with zero attached hydrogens (tertiary/aromatic N) is 2. The van der Waals surface area contributed by atoms with Crippen molar-refractivity contribution in [2.45, 2.75) is 96.3 Å². The lowest BCUT2D eigenvalue weighted by Gasteiger charge is -2.42. The van der Waals surface area contributed by atoms with Gasteiger partial charge in [0.15, 0.2) is 0 Å². The first-order valence-corrected chi connectivity index (χ1v) is 13.2. The maximum absolute atomic E-state index is 10.7. The zero-order valence-corrected chi connectivity index (χ0v) is 21.6. The molecular weight excluding hydrogens is 420 g/mol. The van der Waals surface area contributed by atoms with Gasteiger partial charge >= 0.3 is 5.97 Å². The largest absolute Gasteiger partial charge is 0.481 e. The molecule has 0 bridgehead atoms. The van der Waals surface area contributed by atoms with Crippen LogP contribution in [0.4, 0.5) is 5.82 Å². The summed E-state index contributed by atoms with van der Waals surface area (Å²) in [5, 5.41) is 8.78. The van der Waals surface area contributed by atoms with Crippen molar-refractivity contribution in [2.75, 3.05) is 18.0 Å². The van der Waals surface area contributed by atoms with Crippen LogP contribution < -0.4 is 4.90 Å². The van der Waals surface area contributed by atoms with Crippen LogP contribution in [-0.4, -0.2) is 29.1 Å². The van der Waals surface area contributed by atoms with E-state index in [0.29, 0.717) is 6.42 Å². The van der Waals surface area contributed by atoms with E-state index in [1.807, 2.05) is 0 Å². The predicted molar refractivity (Wildman–Crippen MR) is 141 cm³/mol. The zero-order valence-electron chi connectivity index (χ0n) is 21.6. The Morgan fingerprint density at radius 3 is 2.38 bits per heavy atom. The van der Waals surface area contributed by atoms with E-state index in [2.05, 4.69) is 69.0 Å². The number of fused-ring (bicyclic) bond motifs is 1. The summed E-state index contributed by atoms with van der Waals surface area (Å²) in [6.45, 7) is 11.6. The number of hydrogen-bond acceptors (Lipinski definition) is 3. The van der Waals surface area contributed by atoms with Gasteiger partial charge in [0, 0.05) is 25.1 Å². The molecule has 4 rings (SSSR count). The lowest BCUT2D eigenvalue weighted by atomic mass is 9.63. The second kappa shape index (κ2) is 10.1. The molecule has 0 atom stereocenters. The Kier molecular flexibility index (Phi) is 7.35. The van der Waals surface area contributed by atoms with Gasteiger partial charge < -0.3 is 10.0 Å². The van der Waals surface area contributed by atoms with Crippen LogP contribution in [0.1, 0.15) is 96.6 Å². The minimum Gasteiger partial charge on any atom is -0.481 e. The molecule has 0 saturated carbocycles. The summed E-state index contributed by atoms with van der Waals surface area (Å²) in [6.07, 6.45) is 9.38. The van der Waals surface area contributed by atoms with Crippen molar-refractivity contribution >= 4 is 11.8 Å². The summed E-state index contributed by atoms with van der Waals surface area (Å²) in [6, 6.07) is 13.5. The first-order valence-electron chi connectivity index (χ1n) is 13.2. The van der Waals surface area contributed by atoms with Crippen LogP contribution in [0.25, 0.3) is 11.3 Å². The molecule has 1 fully saturated rings. The number of pyridine rings is 1. The molecular formula is C30H42N2O2. The number of aromatic nitrogens is 1. The van der Waals surface area contributed by atoms with Crippen LogP contribution >= 0.6 is 0 Å². The number of carbonyl (C=O) groups is 1. The van der Waals surface area contributed by atoms with Gasteiger partial charge in [-0.3, -0.25) is 4.79 Å². The van der Waals surface area contributed by atoms with E-state index in [9.17, 15) is 4.79 Å². The van der Waals surface area contributed by atoms with E-state index < -0.39 is 5.97 Å². The van der Waals surface area contributed by atoms with Crippen molar-refractivity contribution in [2.24, 2.45) is 5.92 Å². The molecule has 0 unspecified atom stereocenters. The van der Waals surface area contributed by atoms with Crippen molar-refractivity contribution in [3.05, 3.63) is 47.5 Å². The fourth-order valence-electron chi connectivity index (χ4n) is 5.84. The molecule has 1 saturated heterocycles. The molecule has 2 aliphatic rings. The predicted octanol–water partition coefficient (Wildman–Crippen LogP) is 7.35. The summed E-state index contributed by atoms with van der Waals surface area (Å²) < 4.78 is 0. The van der Waals surface area contributed by atoms with Gasteiger partial charge in [0.25, 0.3) is 0 Å². The number of rotatable bonds is 8. The summed E-state index contributed by atoms with van der Waals surface area (Å²) in [5.41, 5.74) is 5.71. The Morgan fingerprint density at radius 1 is 0.971 bits per heavy atom. The number of piperidine rings is 1. The highest BCUT2D eigenvalue weighted by Crippen LogP contribution is 2.46. The van der Waals surface area contributed by atoms with Crippen LogP contribution in [-0.2, 0) is 15.6 Å². The van der Waals surface area contributed by atoms with Gasteiger partial charge in [0.2, 0.25) is 0 Å². The normalized spacial score (nSPS) is 19.6. The fraction of sp³-hybridized carbons (Fsp3) is 0.600. The minimum absolute atomic E-state index is 0.202. The molecule has 1 aliphatic heterocycles. The van der Waals surface area contributed by atoms with Crippen molar-refractivity contribution in [1.29, 1.82) is 0 Å². The molecule has 2 heterocycles. The molecule has 0 radical (unpaired) electrons. The zero-order chi connectivity index (χ0) is 24.3. The van der Waals surface area contributed by atoms with Crippen molar-refractivity contribution in [3.63, 3.8) is 0 Å². The number of benzene rings is 1. The monoisotopic (exact) mass is 462 g/mol. The molecule has 1 aromatic carbocycles. The molecule has 4 heteroatoms. The topological polar surface area (TPSA) is 53.4 Å². The first kappa shape index (κ1) is 24.8. The lowest BCUT2D eigenvalue weighted by molar-refractivity contribution is -0.137. The molecule has 1 N–H and O–H groups in total. The van der Waals surface area contributed by atoms with Crippen molar-refractivity contribution < 1.29 is 9.90 Å². The van der Waals surface area contributed by atoms with Gasteiger partial charge in [0.1, 0.15) is 5.82 Å². The molecule has 0 spiro atoms. The smallest absolute Gasteiger partial charge is 0.303 e. The van der Waals surface area contributed by atoms with Crippen LogP contribution in [0.15, 0.2) is 36.4 Å². The second-order valence-electron chi connectivity index (χ2n) is 11.8. The molecule has 1 aromatic heterocycles. The first-order chi connectivity index (χ1) is 16.2. The highest BCUT2D eigenvalue weighted by Gasteiger charge is 2.37. The Bertz CT molecular complexity index is 1000. The number of unbranched alkanes of at least 4 members (excludes halogenated alkanes) is 2. The molecule has 34 heavy (non-hydrogen) atoms. The molecule has 4 nitrogen and oxygen atoms in total. The maximum atomic E-state index is 10.7. The van der Waals surface area contributed by atoms with E-state index in [0.717, 1.165) is 49.8 Å². The van der Waals surface area contributed by atoms with Crippen LogP contribution in [0, 0.1) is 5.92 Å². The average molecular weight is 463 g/mol. The quantitative estimate of drug-likeness (QED) is 0.417. The number of aliphatic carboxylic acids is 1. The van der Waals surface area contributed by atoms with Gasteiger partial charge in [-0.2, -0.15) is 0 Å². The molecule has 1 aliphatic carbocycles. The van der Waals surface area contributed by atoms with Gasteiger partial charge in [-0.15, -0.1) is 0 Å². The fourth-order valence-corrected chi connectivity index (χ4v) is 5.84. The number of hydrogen-bond donors (Lipinski definition) is 1. The number of anilines is 1. The van der Waals surface area contributed by atoms with Gasteiger partial charge in [-0.05, 0) is 78.2 Å². The second-order valence-corrected chi connectivity index (χ2v) is 11.8. The van der Waals surface area contributed by atoms with E-state index in [1.165, 1.54) is 48.8 Å². The Balaban J connectivity index is 1.40. The third kappa shape index (κ3) is 5.64. The van der Waals surface area contributed by atoms with E-state index in [1.54, 1.807) is 0 Å². The average Bonchev–Trinajstić information content (AvgIpc) is 2.82. The summed E-state index contributed by atoms with van der Waals surface area (Å²) in [7, 11) is 0. The maximum Gasteiger partial charge on any atom is 0.303 e. The lowest BCUT2D eigenvalue weighted by Crippen LogP contribution is -2.34. The Labute approximate surface area is 205 Å². The number of carboxylic acids is 1. The third-order valence-electron chi connectivity index (χ3n) is 8.32. The minimum atomic E-state index is -0.675. The van der Waals surface area contributed by atoms with E-state index in [-0.39, 0.29) is 10.8 Å².